The maximum Gasteiger partial charge on any atom is 0.376 e. The average Bonchev–Trinajstić information content (AvgIpc) is 2.44. The van der Waals surface area contributed by atoms with Crippen LogP contribution in [0.1, 0.15) is 27.7 Å². The molecule has 0 aliphatic heterocycles. The summed E-state index contributed by atoms with van der Waals surface area (Å²) in [6.45, 7) is 14.6. The van der Waals surface area contributed by atoms with E-state index < -0.39 is 35.8 Å². The number of carbonyl (C=O) groups is 3. The predicted molar refractivity (Wildman–Crippen MR) is 84.3 cm³/mol. The molecule has 0 bridgehead atoms. The molecule has 0 saturated carbocycles. The molecule has 0 rings (SSSR count). The second kappa shape index (κ2) is 8.06. The van der Waals surface area contributed by atoms with Crippen LogP contribution in [0.4, 0.5) is 0 Å². The van der Waals surface area contributed by atoms with Gasteiger partial charge >= 0.3 is 29.7 Å². The van der Waals surface area contributed by atoms with E-state index in [4.69, 9.17) is 14.2 Å². The Kier molecular flexibility index (Phi) is 7.26. The van der Waals surface area contributed by atoms with Crippen molar-refractivity contribution in [1.82, 2.24) is 0 Å². The first kappa shape index (κ1) is 22.5. The molecule has 0 amide bonds. The van der Waals surface area contributed by atoms with Crippen molar-refractivity contribution in [3.8, 4) is 0 Å². The number of ether oxygens (including phenoxy) is 3. The highest BCUT2D eigenvalue weighted by Gasteiger charge is 2.63. The van der Waals surface area contributed by atoms with Crippen LogP contribution in [0.5, 0.6) is 0 Å². The van der Waals surface area contributed by atoms with E-state index in [1.54, 1.807) is 0 Å². The fourth-order valence-electron chi connectivity index (χ4n) is 1.38. The zero-order chi connectivity index (χ0) is 20.2. The molecule has 0 saturated heterocycles. The zero-order valence-corrected chi connectivity index (χ0v) is 14.5. The van der Waals surface area contributed by atoms with Gasteiger partial charge in [0.1, 0.15) is 0 Å². The van der Waals surface area contributed by atoms with E-state index >= 15 is 0 Å². The Labute approximate surface area is 144 Å². The van der Waals surface area contributed by atoms with Crippen molar-refractivity contribution in [2.45, 2.75) is 45.6 Å². The maximum atomic E-state index is 11.9. The highest BCUT2D eigenvalue weighted by molar-refractivity contribution is 5.89. The van der Waals surface area contributed by atoms with Crippen LogP contribution in [0.15, 0.2) is 36.5 Å². The van der Waals surface area contributed by atoms with Crippen LogP contribution in [0.25, 0.3) is 0 Å². The van der Waals surface area contributed by atoms with Gasteiger partial charge < -0.3 is 29.5 Å². The predicted octanol–water partition coefficient (Wildman–Crippen LogP) is 0.0598. The summed E-state index contributed by atoms with van der Waals surface area (Å²) in [5, 5.41) is 29.1. The fourth-order valence-corrected chi connectivity index (χ4v) is 1.38. The summed E-state index contributed by atoms with van der Waals surface area (Å²) in [5.41, 5.74) is -0.533. The van der Waals surface area contributed by atoms with Crippen LogP contribution >= 0.6 is 0 Å². The molecular weight excluding hydrogens is 336 g/mol. The summed E-state index contributed by atoms with van der Waals surface area (Å²) in [6, 6.07) is 0. The fraction of sp³-hybridized carbons (Fsp3) is 0.438. The van der Waals surface area contributed by atoms with Gasteiger partial charge in [0.25, 0.3) is 0 Å². The lowest BCUT2D eigenvalue weighted by molar-refractivity contribution is -0.458. The Morgan fingerprint density at radius 2 is 1.12 bits per heavy atom. The monoisotopic (exact) mass is 358 g/mol. The molecule has 0 spiro atoms. The maximum absolute atomic E-state index is 11.9. The minimum absolute atomic E-state index is 0.0855. The van der Waals surface area contributed by atoms with E-state index in [1.165, 1.54) is 20.8 Å². The third kappa shape index (κ3) is 5.52. The smallest absolute Gasteiger partial charge is 0.376 e. The number of esters is 3. The van der Waals surface area contributed by atoms with Gasteiger partial charge in [0.15, 0.2) is 6.10 Å². The van der Waals surface area contributed by atoms with Crippen molar-refractivity contribution >= 4 is 17.9 Å². The van der Waals surface area contributed by atoms with Crippen LogP contribution in [-0.4, -0.2) is 51.1 Å². The summed E-state index contributed by atoms with van der Waals surface area (Å²) in [7, 11) is 0. The highest BCUT2D eigenvalue weighted by atomic mass is 16.8. The van der Waals surface area contributed by atoms with Crippen LogP contribution in [0.3, 0.4) is 0 Å². The lowest BCUT2D eigenvalue weighted by Crippen LogP contribution is -2.66. The van der Waals surface area contributed by atoms with E-state index in [0.717, 1.165) is 6.92 Å². The van der Waals surface area contributed by atoms with Crippen molar-refractivity contribution < 1.29 is 43.9 Å². The average molecular weight is 358 g/mol. The van der Waals surface area contributed by atoms with E-state index in [-0.39, 0.29) is 16.7 Å². The Hall–Kier alpha value is -2.49. The van der Waals surface area contributed by atoms with Crippen molar-refractivity contribution in [3.63, 3.8) is 0 Å². The van der Waals surface area contributed by atoms with Gasteiger partial charge in [-0.25, -0.2) is 14.4 Å². The normalized spacial score (nSPS) is 12.6. The standard InChI is InChI=1S/C16H22O9/c1-8(2)12(17)23-11(7)15(16(20,21)22,24-13(18)9(3)4)25-14(19)10(5)6/h11,20-22H,1,3,5H2,2,4,6-7H3. The van der Waals surface area contributed by atoms with E-state index in [9.17, 15) is 29.7 Å². The molecule has 1 unspecified atom stereocenters. The Balaban J connectivity index is 6.16. The molecule has 9 heteroatoms. The third-order valence-corrected chi connectivity index (χ3v) is 2.82. The summed E-state index contributed by atoms with van der Waals surface area (Å²) in [5.74, 6) is -10.7. The largest absolute Gasteiger partial charge is 0.451 e. The molecule has 0 heterocycles. The van der Waals surface area contributed by atoms with Crippen molar-refractivity contribution in [1.29, 1.82) is 0 Å². The molecule has 0 aromatic carbocycles. The van der Waals surface area contributed by atoms with E-state index in [0.29, 0.717) is 0 Å². The summed E-state index contributed by atoms with van der Waals surface area (Å²) in [6.07, 6.45) is -1.86. The Morgan fingerprint density at radius 3 is 1.36 bits per heavy atom. The number of aliphatic hydroxyl groups is 3. The van der Waals surface area contributed by atoms with Gasteiger partial charge in [-0.3, -0.25) is 0 Å². The summed E-state index contributed by atoms with van der Waals surface area (Å²) < 4.78 is 14.3. The van der Waals surface area contributed by atoms with Crippen LogP contribution in [0.2, 0.25) is 0 Å². The van der Waals surface area contributed by atoms with Crippen molar-refractivity contribution in [2.24, 2.45) is 0 Å². The first-order valence-electron chi connectivity index (χ1n) is 6.97. The quantitative estimate of drug-likeness (QED) is 0.312. The number of hydrogen-bond acceptors (Lipinski definition) is 9. The number of carbonyl (C=O) groups excluding carboxylic acids is 3. The van der Waals surface area contributed by atoms with Crippen LogP contribution in [-0.2, 0) is 28.6 Å². The molecule has 0 aliphatic rings. The molecule has 0 aromatic heterocycles. The van der Waals surface area contributed by atoms with E-state index in [1.807, 2.05) is 0 Å². The van der Waals surface area contributed by atoms with Gasteiger partial charge in [0.05, 0.1) is 0 Å². The highest BCUT2D eigenvalue weighted by Crippen LogP contribution is 2.32. The molecule has 3 N–H and O–H groups in total. The van der Waals surface area contributed by atoms with Gasteiger partial charge in [0.2, 0.25) is 0 Å². The van der Waals surface area contributed by atoms with Gasteiger partial charge in [-0.15, -0.1) is 0 Å². The van der Waals surface area contributed by atoms with Gasteiger partial charge in [0, 0.05) is 16.7 Å². The van der Waals surface area contributed by atoms with Gasteiger partial charge in [-0.2, -0.15) is 0 Å². The zero-order valence-electron chi connectivity index (χ0n) is 14.5. The third-order valence-electron chi connectivity index (χ3n) is 2.82. The van der Waals surface area contributed by atoms with Gasteiger partial charge in [-0.05, 0) is 27.7 Å². The number of rotatable bonds is 8. The second-order valence-corrected chi connectivity index (χ2v) is 5.47. The second-order valence-electron chi connectivity index (χ2n) is 5.47. The van der Waals surface area contributed by atoms with E-state index in [2.05, 4.69) is 19.7 Å². The molecule has 0 aromatic rings. The minimum atomic E-state index is -3.93. The van der Waals surface area contributed by atoms with Gasteiger partial charge in [-0.1, -0.05) is 19.7 Å². The molecule has 0 fully saturated rings. The first-order chi connectivity index (χ1) is 11.2. The van der Waals surface area contributed by atoms with Crippen molar-refractivity contribution in [3.05, 3.63) is 36.5 Å². The summed E-state index contributed by atoms with van der Waals surface area (Å²) in [4.78, 5) is 35.4. The van der Waals surface area contributed by atoms with Crippen LogP contribution < -0.4 is 0 Å². The lowest BCUT2D eigenvalue weighted by atomic mass is 10.1. The molecule has 25 heavy (non-hydrogen) atoms. The van der Waals surface area contributed by atoms with Crippen molar-refractivity contribution in [2.75, 3.05) is 0 Å². The summed E-state index contributed by atoms with van der Waals surface area (Å²) >= 11 is 0. The van der Waals surface area contributed by atoms with Crippen LogP contribution in [0, 0.1) is 0 Å². The number of hydrogen-bond donors (Lipinski definition) is 3. The Morgan fingerprint density at radius 1 is 0.800 bits per heavy atom. The Bertz CT molecular complexity index is 582. The first-order valence-corrected chi connectivity index (χ1v) is 6.97. The molecule has 0 radical (unpaired) electrons. The lowest BCUT2D eigenvalue weighted by Gasteiger charge is -2.40. The molecule has 1 atom stereocenters. The molecule has 9 nitrogen and oxygen atoms in total. The molecular formula is C16H22O9. The molecule has 140 valence electrons. The SMILES string of the molecule is C=C(C)C(=O)OC(C)C(OC(=O)C(=C)C)(OC(=O)C(=C)C)C(O)(O)O. The molecule has 0 aliphatic carbocycles. The minimum Gasteiger partial charge on any atom is -0.451 e. The topological polar surface area (TPSA) is 140 Å².